The lowest BCUT2D eigenvalue weighted by Crippen LogP contribution is -2.57. The first-order valence-corrected chi connectivity index (χ1v) is 7.00. The van der Waals surface area contributed by atoms with Crippen LogP contribution in [0.5, 0.6) is 0 Å². The van der Waals surface area contributed by atoms with E-state index in [0.29, 0.717) is 5.91 Å². The molecule has 4 nitrogen and oxygen atoms in total. The van der Waals surface area contributed by atoms with Gasteiger partial charge in [0, 0.05) is 32.7 Å². The normalized spacial score (nSPS) is 23.9. The molecule has 2 aliphatic rings. The third-order valence-electron chi connectivity index (χ3n) is 4.18. The lowest BCUT2D eigenvalue weighted by atomic mass is 9.97. The molecule has 0 bridgehead atoms. The summed E-state index contributed by atoms with van der Waals surface area (Å²) in [6, 6.07) is 10.6. The lowest BCUT2D eigenvalue weighted by Gasteiger charge is -2.43. The SMILES string of the molecule is CN1CCN(C(=O)C2CNC2)C(c2ccccc2)C1.Cl. The highest BCUT2D eigenvalue weighted by molar-refractivity contribution is 5.85. The van der Waals surface area contributed by atoms with Crippen molar-refractivity contribution in [1.82, 2.24) is 15.1 Å². The first-order valence-electron chi connectivity index (χ1n) is 7.00. The van der Waals surface area contributed by atoms with E-state index in [1.165, 1.54) is 5.56 Å². The summed E-state index contributed by atoms with van der Waals surface area (Å²) >= 11 is 0. The van der Waals surface area contributed by atoms with Crippen molar-refractivity contribution in [2.24, 2.45) is 5.92 Å². The van der Waals surface area contributed by atoms with Gasteiger partial charge in [0.05, 0.1) is 12.0 Å². The Bertz CT molecular complexity index is 450. The number of nitrogens with zero attached hydrogens (tertiary/aromatic N) is 2. The molecule has 1 unspecified atom stereocenters. The third-order valence-corrected chi connectivity index (χ3v) is 4.18. The molecule has 2 heterocycles. The van der Waals surface area contributed by atoms with Crippen molar-refractivity contribution < 1.29 is 4.79 Å². The summed E-state index contributed by atoms with van der Waals surface area (Å²) in [4.78, 5) is 16.9. The van der Waals surface area contributed by atoms with Gasteiger partial charge in [-0.1, -0.05) is 30.3 Å². The van der Waals surface area contributed by atoms with E-state index in [4.69, 9.17) is 0 Å². The maximum Gasteiger partial charge on any atom is 0.228 e. The fraction of sp³-hybridized carbons (Fsp3) is 0.533. The number of benzene rings is 1. The summed E-state index contributed by atoms with van der Waals surface area (Å²) in [6.07, 6.45) is 0. The van der Waals surface area contributed by atoms with E-state index >= 15 is 0 Å². The Labute approximate surface area is 126 Å². The number of piperazine rings is 1. The molecule has 2 fully saturated rings. The van der Waals surface area contributed by atoms with Gasteiger partial charge in [0.2, 0.25) is 5.91 Å². The summed E-state index contributed by atoms with van der Waals surface area (Å²) in [5.41, 5.74) is 1.25. The van der Waals surface area contributed by atoms with E-state index in [-0.39, 0.29) is 24.4 Å². The van der Waals surface area contributed by atoms with Gasteiger partial charge in [0.15, 0.2) is 0 Å². The fourth-order valence-electron chi connectivity index (χ4n) is 2.84. The van der Waals surface area contributed by atoms with Gasteiger partial charge < -0.3 is 15.1 Å². The Morgan fingerprint density at radius 2 is 1.90 bits per heavy atom. The van der Waals surface area contributed by atoms with Crippen LogP contribution >= 0.6 is 12.4 Å². The number of amides is 1. The number of rotatable bonds is 2. The molecule has 1 aromatic rings. The number of carbonyl (C=O) groups excluding carboxylic acids is 1. The number of hydrogen-bond donors (Lipinski definition) is 1. The molecule has 0 saturated carbocycles. The Morgan fingerprint density at radius 3 is 2.50 bits per heavy atom. The van der Waals surface area contributed by atoms with E-state index in [0.717, 1.165) is 32.7 Å². The molecule has 5 heteroatoms. The van der Waals surface area contributed by atoms with Crippen LogP contribution in [0.1, 0.15) is 11.6 Å². The fourth-order valence-corrected chi connectivity index (χ4v) is 2.84. The molecule has 1 amide bonds. The second kappa shape index (κ2) is 6.57. The van der Waals surface area contributed by atoms with Crippen molar-refractivity contribution in [1.29, 1.82) is 0 Å². The maximum absolute atomic E-state index is 12.5. The molecule has 1 aromatic carbocycles. The highest BCUT2D eigenvalue weighted by Crippen LogP contribution is 2.27. The van der Waals surface area contributed by atoms with E-state index in [9.17, 15) is 4.79 Å². The van der Waals surface area contributed by atoms with Crippen LogP contribution in [0.4, 0.5) is 0 Å². The standard InChI is InChI=1S/C15H21N3O.ClH/c1-17-7-8-18(15(19)13-9-16-10-13)14(11-17)12-5-3-2-4-6-12;/h2-6,13-14,16H,7-11H2,1H3;1H. The van der Waals surface area contributed by atoms with Crippen LogP contribution in [0.2, 0.25) is 0 Å². The quantitative estimate of drug-likeness (QED) is 0.889. The molecule has 20 heavy (non-hydrogen) atoms. The minimum atomic E-state index is 0. The average molecular weight is 296 g/mol. The van der Waals surface area contributed by atoms with Crippen molar-refractivity contribution in [2.45, 2.75) is 6.04 Å². The third kappa shape index (κ3) is 2.97. The van der Waals surface area contributed by atoms with Gasteiger partial charge in [0.25, 0.3) is 0 Å². The van der Waals surface area contributed by atoms with Gasteiger partial charge in [-0.2, -0.15) is 0 Å². The van der Waals surface area contributed by atoms with Crippen LogP contribution in [0.3, 0.4) is 0 Å². The Kier molecular flexibility index (Phi) is 5.02. The predicted octanol–water partition coefficient (Wildman–Crippen LogP) is 1.14. The highest BCUT2D eigenvalue weighted by Gasteiger charge is 2.35. The molecule has 1 N–H and O–H groups in total. The molecule has 110 valence electrons. The Hall–Kier alpha value is -1.10. The summed E-state index contributed by atoms with van der Waals surface area (Å²) in [5.74, 6) is 0.510. The summed E-state index contributed by atoms with van der Waals surface area (Å²) in [6.45, 7) is 4.41. The van der Waals surface area contributed by atoms with Crippen LogP contribution in [-0.4, -0.2) is 55.5 Å². The molecule has 2 saturated heterocycles. The number of nitrogens with one attached hydrogen (secondary N) is 1. The van der Waals surface area contributed by atoms with Gasteiger partial charge >= 0.3 is 0 Å². The van der Waals surface area contributed by atoms with Crippen molar-refractivity contribution in [3.05, 3.63) is 35.9 Å². The van der Waals surface area contributed by atoms with Gasteiger partial charge in [-0.05, 0) is 12.6 Å². The largest absolute Gasteiger partial charge is 0.333 e. The summed E-state index contributed by atoms with van der Waals surface area (Å²) in [7, 11) is 2.13. The van der Waals surface area contributed by atoms with Gasteiger partial charge in [-0.15, -0.1) is 12.4 Å². The van der Waals surface area contributed by atoms with Crippen molar-refractivity contribution in [3.63, 3.8) is 0 Å². The van der Waals surface area contributed by atoms with Gasteiger partial charge in [-0.25, -0.2) is 0 Å². The number of halogens is 1. The first kappa shape index (κ1) is 15.3. The number of carbonyl (C=O) groups is 1. The molecule has 0 aromatic heterocycles. The van der Waals surface area contributed by atoms with Crippen LogP contribution in [0.25, 0.3) is 0 Å². The van der Waals surface area contributed by atoms with Crippen molar-refractivity contribution in [3.8, 4) is 0 Å². The molecule has 1 atom stereocenters. The Morgan fingerprint density at radius 1 is 1.20 bits per heavy atom. The van der Waals surface area contributed by atoms with Crippen molar-refractivity contribution >= 4 is 18.3 Å². The van der Waals surface area contributed by atoms with Gasteiger partial charge in [-0.3, -0.25) is 4.79 Å². The number of likely N-dealkylation sites (N-methyl/N-ethyl adjacent to an activating group) is 1. The minimum Gasteiger partial charge on any atom is -0.333 e. The predicted molar refractivity (Wildman–Crippen MR) is 82.0 cm³/mol. The second-order valence-electron chi connectivity index (χ2n) is 5.58. The molecule has 0 spiro atoms. The van der Waals surface area contributed by atoms with Crippen LogP contribution in [0.15, 0.2) is 30.3 Å². The zero-order valence-electron chi connectivity index (χ0n) is 11.8. The second-order valence-corrected chi connectivity index (χ2v) is 5.58. The molecular weight excluding hydrogens is 274 g/mol. The van der Waals surface area contributed by atoms with E-state index < -0.39 is 0 Å². The van der Waals surface area contributed by atoms with E-state index in [1.807, 2.05) is 6.07 Å². The highest BCUT2D eigenvalue weighted by atomic mass is 35.5. The van der Waals surface area contributed by atoms with E-state index in [2.05, 4.69) is 46.4 Å². The molecule has 3 rings (SSSR count). The zero-order chi connectivity index (χ0) is 13.2. The molecule has 0 aliphatic carbocycles. The monoisotopic (exact) mass is 295 g/mol. The average Bonchev–Trinajstić information content (AvgIpc) is 2.37. The van der Waals surface area contributed by atoms with Crippen LogP contribution in [0, 0.1) is 5.92 Å². The van der Waals surface area contributed by atoms with Gasteiger partial charge in [0.1, 0.15) is 0 Å². The van der Waals surface area contributed by atoms with E-state index in [1.54, 1.807) is 0 Å². The minimum absolute atomic E-state index is 0. The summed E-state index contributed by atoms with van der Waals surface area (Å²) in [5, 5.41) is 3.19. The first-order chi connectivity index (χ1) is 9.25. The van der Waals surface area contributed by atoms with Crippen LogP contribution < -0.4 is 5.32 Å². The zero-order valence-corrected chi connectivity index (χ0v) is 12.6. The lowest BCUT2D eigenvalue weighted by molar-refractivity contribution is -0.142. The molecular formula is C15H22ClN3O. The smallest absolute Gasteiger partial charge is 0.228 e. The summed E-state index contributed by atoms with van der Waals surface area (Å²) < 4.78 is 0. The number of hydrogen-bond acceptors (Lipinski definition) is 3. The Balaban J connectivity index is 0.00000147. The maximum atomic E-state index is 12.5. The molecule has 2 aliphatic heterocycles. The van der Waals surface area contributed by atoms with Crippen LogP contribution in [-0.2, 0) is 4.79 Å². The molecule has 0 radical (unpaired) electrons. The topological polar surface area (TPSA) is 35.6 Å². The van der Waals surface area contributed by atoms with Crippen molar-refractivity contribution in [2.75, 3.05) is 39.8 Å².